The van der Waals surface area contributed by atoms with Gasteiger partial charge in [-0.25, -0.2) is 4.98 Å². The summed E-state index contributed by atoms with van der Waals surface area (Å²) in [6.45, 7) is 3.75. The van der Waals surface area contributed by atoms with Gasteiger partial charge in [0.05, 0.1) is 17.3 Å². The van der Waals surface area contributed by atoms with Crippen LogP contribution >= 0.6 is 11.3 Å². The van der Waals surface area contributed by atoms with Crippen LogP contribution in [0.3, 0.4) is 0 Å². The summed E-state index contributed by atoms with van der Waals surface area (Å²) < 4.78 is 5.47. The van der Waals surface area contributed by atoms with E-state index in [0.29, 0.717) is 6.10 Å². The zero-order valence-corrected chi connectivity index (χ0v) is 13.0. The molecule has 0 amide bonds. The van der Waals surface area contributed by atoms with Gasteiger partial charge in [-0.05, 0) is 39.7 Å². The van der Waals surface area contributed by atoms with E-state index in [1.54, 1.807) is 11.3 Å². The molecule has 2 rings (SSSR count). The molecule has 0 aliphatic heterocycles. The summed E-state index contributed by atoms with van der Waals surface area (Å²) in [5.41, 5.74) is 9.30. The maximum atomic E-state index is 6.10. The van der Waals surface area contributed by atoms with Gasteiger partial charge in [-0.2, -0.15) is 0 Å². The van der Waals surface area contributed by atoms with Crippen molar-refractivity contribution in [2.45, 2.75) is 50.8 Å². The van der Waals surface area contributed by atoms with Gasteiger partial charge < -0.3 is 10.5 Å². The lowest BCUT2D eigenvalue weighted by Gasteiger charge is -2.45. The molecule has 2 N–H and O–H groups in total. The highest BCUT2D eigenvalue weighted by Crippen LogP contribution is 2.34. The first kappa shape index (κ1) is 14.9. The number of methoxy groups -OCH3 is 1. The number of aromatic nitrogens is 1. The molecule has 0 unspecified atom stereocenters. The Balaban J connectivity index is 2.03. The lowest BCUT2D eigenvalue weighted by Crippen LogP contribution is -2.54. The third-order valence-electron chi connectivity index (χ3n) is 4.61. The van der Waals surface area contributed by atoms with Crippen LogP contribution in [0, 0.1) is 6.92 Å². The summed E-state index contributed by atoms with van der Waals surface area (Å²) in [5, 5.41) is 0. The van der Waals surface area contributed by atoms with E-state index in [2.05, 4.69) is 23.9 Å². The number of hydrogen-bond acceptors (Lipinski definition) is 5. The second-order valence-electron chi connectivity index (χ2n) is 5.58. The van der Waals surface area contributed by atoms with E-state index in [1.165, 1.54) is 4.88 Å². The summed E-state index contributed by atoms with van der Waals surface area (Å²) >= 11 is 1.74. The van der Waals surface area contributed by atoms with Crippen molar-refractivity contribution in [1.82, 2.24) is 9.88 Å². The van der Waals surface area contributed by atoms with E-state index in [1.807, 2.05) is 12.6 Å². The van der Waals surface area contributed by atoms with E-state index in [4.69, 9.17) is 10.5 Å². The molecule has 1 aliphatic carbocycles. The van der Waals surface area contributed by atoms with E-state index < -0.39 is 0 Å². The van der Waals surface area contributed by atoms with Crippen molar-refractivity contribution in [3.8, 4) is 0 Å². The maximum Gasteiger partial charge on any atom is 0.0798 e. The summed E-state index contributed by atoms with van der Waals surface area (Å²) in [6.07, 6.45) is 4.88. The first-order valence-electron chi connectivity index (χ1n) is 6.94. The predicted octanol–water partition coefficient (Wildman–Crippen LogP) is 2.17. The monoisotopic (exact) mass is 283 g/mol. The SMILES string of the molecule is COC1CCC(CN)(N(C)Cc2scnc2C)CC1. The molecule has 0 radical (unpaired) electrons. The fourth-order valence-electron chi connectivity index (χ4n) is 2.97. The van der Waals surface area contributed by atoms with E-state index in [0.717, 1.165) is 44.5 Å². The van der Waals surface area contributed by atoms with Gasteiger partial charge in [0.1, 0.15) is 0 Å². The second kappa shape index (κ2) is 6.31. The average Bonchev–Trinajstić information content (AvgIpc) is 2.84. The highest BCUT2D eigenvalue weighted by Gasteiger charge is 2.37. The molecular weight excluding hydrogens is 258 g/mol. The van der Waals surface area contributed by atoms with Crippen molar-refractivity contribution in [2.24, 2.45) is 5.73 Å². The molecule has 19 heavy (non-hydrogen) atoms. The number of ether oxygens (including phenoxy) is 1. The van der Waals surface area contributed by atoms with Crippen molar-refractivity contribution < 1.29 is 4.74 Å². The normalized spacial score (nSPS) is 27.9. The first-order chi connectivity index (χ1) is 9.11. The minimum atomic E-state index is 0.130. The minimum Gasteiger partial charge on any atom is -0.381 e. The number of nitrogens with two attached hydrogens (primary N) is 1. The van der Waals surface area contributed by atoms with Crippen LogP contribution in [0.5, 0.6) is 0 Å². The Hall–Kier alpha value is -0.490. The van der Waals surface area contributed by atoms with Crippen molar-refractivity contribution in [3.05, 3.63) is 16.1 Å². The Morgan fingerprint density at radius 1 is 1.53 bits per heavy atom. The molecule has 0 saturated heterocycles. The third-order valence-corrected chi connectivity index (χ3v) is 5.53. The summed E-state index contributed by atoms with van der Waals surface area (Å²) in [7, 11) is 4.00. The standard InChI is InChI=1S/C14H25N3OS/c1-11-13(19-10-16-11)8-17(2)14(9-15)6-4-12(18-3)5-7-14/h10,12H,4-9,15H2,1-3H3. The van der Waals surface area contributed by atoms with Crippen LogP contribution in [0.25, 0.3) is 0 Å². The third kappa shape index (κ3) is 3.16. The number of hydrogen-bond donors (Lipinski definition) is 1. The summed E-state index contributed by atoms with van der Waals surface area (Å²) in [4.78, 5) is 8.11. The van der Waals surface area contributed by atoms with Crippen LogP contribution in [-0.2, 0) is 11.3 Å². The number of rotatable bonds is 5. The molecule has 5 heteroatoms. The fourth-order valence-corrected chi connectivity index (χ4v) is 3.80. The van der Waals surface area contributed by atoms with Crippen LogP contribution in [-0.4, -0.2) is 42.2 Å². The lowest BCUT2D eigenvalue weighted by atomic mass is 9.79. The van der Waals surface area contributed by atoms with Crippen molar-refractivity contribution >= 4 is 11.3 Å². The van der Waals surface area contributed by atoms with Gasteiger partial charge >= 0.3 is 0 Å². The summed E-state index contributed by atoms with van der Waals surface area (Å²) in [6, 6.07) is 0. The molecule has 1 saturated carbocycles. The van der Waals surface area contributed by atoms with Gasteiger partial charge in [0.25, 0.3) is 0 Å². The zero-order valence-electron chi connectivity index (χ0n) is 12.2. The van der Waals surface area contributed by atoms with E-state index in [-0.39, 0.29) is 5.54 Å². The van der Waals surface area contributed by atoms with Gasteiger partial charge in [-0.1, -0.05) is 0 Å². The van der Waals surface area contributed by atoms with E-state index in [9.17, 15) is 0 Å². The second-order valence-corrected chi connectivity index (χ2v) is 6.52. The maximum absolute atomic E-state index is 6.10. The van der Waals surface area contributed by atoms with Crippen molar-refractivity contribution in [1.29, 1.82) is 0 Å². The molecular formula is C14H25N3OS. The first-order valence-corrected chi connectivity index (χ1v) is 7.82. The summed E-state index contributed by atoms with van der Waals surface area (Å²) in [5.74, 6) is 0. The average molecular weight is 283 g/mol. The zero-order chi connectivity index (χ0) is 13.9. The van der Waals surface area contributed by atoms with E-state index >= 15 is 0 Å². The molecule has 1 heterocycles. The van der Waals surface area contributed by atoms with Crippen molar-refractivity contribution in [2.75, 3.05) is 20.7 Å². The quantitative estimate of drug-likeness (QED) is 0.900. The molecule has 1 aromatic heterocycles. The van der Waals surface area contributed by atoms with Crippen LogP contribution in [0.2, 0.25) is 0 Å². The molecule has 4 nitrogen and oxygen atoms in total. The lowest BCUT2D eigenvalue weighted by molar-refractivity contribution is 0.000761. The Morgan fingerprint density at radius 2 is 2.21 bits per heavy atom. The fraction of sp³-hybridized carbons (Fsp3) is 0.786. The van der Waals surface area contributed by atoms with Gasteiger partial charge in [0.15, 0.2) is 0 Å². The smallest absolute Gasteiger partial charge is 0.0798 e. The molecule has 0 bridgehead atoms. The number of nitrogens with zero attached hydrogens (tertiary/aromatic N) is 2. The van der Waals surface area contributed by atoms with Crippen LogP contribution < -0.4 is 5.73 Å². The molecule has 0 atom stereocenters. The highest BCUT2D eigenvalue weighted by molar-refractivity contribution is 7.09. The molecule has 108 valence electrons. The topological polar surface area (TPSA) is 51.4 Å². The Kier molecular flexibility index (Phi) is 4.95. The molecule has 1 fully saturated rings. The number of thiazole rings is 1. The van der Waals surface area contributed by atoms with Crippen LogP contribution in [0.1, 0.15) is 36.3 Å². The van der Waals surface area contributed by atoms with Crippen LogP contribution in [0.4, 0.5) is 0 Å². The van der Waals surface area contributed by atoms with Crippen LogP contribution in [0.15, 0.2) is 5.51 Å². The number of likely N-dealkylation sites (N-methyl/N-ethyl adjacent to an activating group) is 1. The highest BCUT2D eigenvalue weighted by atomic mass is 32.1. The molecule has 0 spiro atoms. The minimum absolute atomic E-state index is 0.130. The van der Waals surface area contributed by atoms with Gasteiger partial charge in [0, 0.05) is 30.6 Å². The molecule has 1 aromatic rings. The largest absolute Gasteiger partial charge is 0.381 e. The van der Waals surface area contributed by atoms with Gasteiger partial charge in [0.2, 0.25) is 0 Å². The molecule has 0 aromatic carbocycles. The van der Waals surface area contributed by atoms with Gasteiger partial charge in [-0.15, -0.1) is 11.3 Å². The Labute approximate surface area is 120 Å². The van der Waals surface area contributed by atoms with Crippen molar-refractivity contribution in [3.63, 3.8) is 0 Å². The number of aryl methyl sites for hydroxylation is 1. The Morgan fingerprint density at radius 3 is 2.68 bits per heavy atom. The van der Waals surface area contributed by atoms with Gasteiger partial charge in [-0.3, -0.25) is 4.90 Å². The Bertz CT molecular complexity index is 399. The predicted molar refractivity (Wildman–Crippen MR) is 79.4 cm³/mol. The molecule has 1 aliphatic rings.